The van der Waals surface area contributed by atoms with E-state index in [0.717, 1.165) is 25.7 Å². The Morgan fingerprint density at radius 3 is 2.62 bits per heavy atom. The summed E-state index contributed by atoms with van der Waals surface area (Å²) in [7, 11) is 2.95. The number of aromatic carboxylic acids is 1. The summed E-state index contributed by atoms with van der Waals surface area (Å²) in [6.07, 6.45) is 3.86. The van der Waals surface area contributed by atoms with Gasteiger partial charge in [-0.1, -0.05) is 12.8 Å². The SMILES string of the molecule is COCC1(Nc2cc(C(=O)O)oc(=O)c2OC)CCCC1. The van der Waals surface area contributed by atoms with Crippen molar-refractivity contribution in [1.29, 1.82) is 0 Å². The molecule has 0 saturated heterocycles. The number of carboxylic acid groups (broad SMARTS) is 1. The van der Waals surface area contributed by atoms with E-state index in [4.69, 9.17) is 19.0 Å². The number of hydrogen-bond donors (Lipinski definition) is 2. The standard InChI is InChI=1S/C14H19NO6/c1-19-8-14(5-3-4-6-14)15-9-7-10(12(16)17)21-13(18)11(9)20-2/h7,15H,3-6,8H2,1-2H3,(H,16,17). The first-order valence-corrected chi connectivity index (χ1v) is 6.74. The quantitative estimate of drug-likeness (QED) is 0.824. The van der Waals surface area contributed by atoms with Crippen molar-refractivity contribution in [3.05, 3.63) is 22.2 Å². The summed E-state index contributed by atoms with van der Waals surface area (Å²) in [6.45, 7) is 0.471. The molecular weight excluding hydrogens is 278 g/mol. The molecule has 21 heavy (non-hydrogen) atoms. The smallest absolute Gasteiger partial charge is 0.381 e. The van der Waals surface area contributed by atoms with Crippen molar-refractivity contribution in [3.63, 3.8) is 0 Å². The van der Waals surface area contributed by atoms with Gasteiger partial charge in [0.15, 0.2) is 0 Å². The van der Waals surface area contributed by atoms with Gasteiger partial charge >= 0.3 is 11.6 Å². The number of carboxylic acids is 1. The zero-order chi connectivity index (χ0) is 15.5. The maximum atomic E-state index is 11.8. The fourth-order valence-corrected chi connectivity index (χ4v) is 2.79. The van der Waals surface area contributed by atoms with Gasteiger partial charge in [-0.2, -0.15) is 0 Å². The van der Waals surface area contributed by atoms with Crippen LogP contribution < -0.4 is 15.7 Å². The van der Waals surface area contributed by atoms with Gasteiger partial charge in [-0.05, 0) is 12.8 Å². The van der Waals surface area contributed by atoms with Crippen LogP contribution in [0.25, 0.3) is 0 Å². The Kier molecular flexibility index (Phi) is 4.52. The Bertz CT molecular complexity index is 573. The van der Waals surface area contributed by atoms with Gasteiger partial charge in [0.05, 0.1) is 24.9 Å². The molecule has 1 saturated carbocycles. The molecule has 1 aliphatic carbocycles. The highest BCUT2D eigenvalue weighted by Crippen LogP contribution is 2.35. The molecule has 0 bridgehead atoms. The topological polar surface area (TPSA) is 98.0 Å². The average Bonchev–Trinajstić information content (AvgIpc) is 2.87. The van der Waals surface area contributed by atoms with Gasteiger partial charge in [0.1, 0.15) is 0 Å². The Labute approximate surface area is 121 Å². The van der Waals surface area contributed by atoms with E-state index in [1.807, 2.05) is 0 Å². The summed E-state index contributed by atoms with van der Waals surface area (Å²) in [4.78, 5) is 22.8. The average molecular weight is 297 g/mol. The van der Waals surface area contributed by atoms with E-state index in [-0.39, 0.29) is 11.3 Å². The van der Waals surface area contributed by atoms with Gasteiger partial charge in [0.25, 0.3) is 0 Å². The molecule has 0 atom stereocenters. The third kappa shape index (κ3) is 3.18. The highest BCUT2D eigenvalue weighted by atomic mass is 16.5. The van der Waals surface area contributed by atoms with Crippen LogP contribution in [-0.4, -0.2) is 37.4 Å². The van der Waals surface area contributed by atoms with E-state index >= 15 is 0 Å². The predicted molar refractivity (Wildman–Crippen MR) is 75.2 cm³/mol. The van der Waals surface area contributed by atoms with E-state index < -0.39 is 17.4 Å². The molecule has 0 unspecified atom stereocenters. The minimum absolute atomic E-state index is 0.0256. The highest BCUT2D eigenvalue weighted by Gasteiger charge is 2.35. The molecular formula is C14H19NO6. The maximum absolute atomic E-state index is 11.8. The maximum Gasteiger partial charge on any atom is 0.381 e. The van der Waals surface area contributed by atoms with Crippen molar-refractivity contribution in [1.82, 2.24) is 0 Å². The number of nitrogens with one attached hydrogen (secondary N) is 1. The van der Waals surface area contributed by atoms with Crippen molar-refractivity contribution in [2.24, 2.45) is 0 Å². The van der Waals surface area contributed by atoms with Crippen molar-refractivity contribution < 1.29 is 23.8 Å². The Morgan fingerprint density at radius 2 is 2.10 bits per heavy atom. The van der Waals surface area contributed by atoms with Gasteiger partial charge in [0.2, 0.25) is 11.5 Å². The zero-order valence-electron chi connectivity index (χ0n) is 12.1. The minimum Gasteiger partial charge on any atom is -0.488 e. The van der Waals surface area contributed by atoms with E-state index in [1.165, 1.54) is 13.2 Å². The lowest BCUT2D eigenvalue weighted by Crippen LogP contribution is -2.40. The molecule has 0 amide bonds. The van der Waals surface area contributed by atoms with Crippen LogP contribution in [-0.2, 0) is 4.74 Å². The Balaban J connectivity index is 2.41. The van der Waals surface area contributed by atoms with Crippen molar-refractivity contribution >= 4 is 11.7 Å². The van der Waals surface area contributed by atoms with E-state index in [9.17, 15) is 9.59 Å². The van der Waals surface area contributed by atoms with Gasteiger partial charge in [-0.15, -0.1) is 0 Å². The second-order valence-corrected chi connectivity index (χ2v) is 5.20. The second kappa shape index (κ2) is 6.17. The fourth-order valence-electron chi connectivity index (χ4n) is 2.79. The van der Waals surface area contributed by atoms with Crippen LogP contribution in [0.3, 0.4) is 0 Å². The van der Waals surface area contributed by atoms with Gasteiger partial charge < -0.3 is 24.3 Å². The lowest BCUT2D eigenvalue weighted by molar-refractivity contribution is 0.0656. The molecule has 0 spiro atoms. The first-order chi connectivity index (χ1) is 10.0. The summed E-state index contributed by atoms with van der Waals surface area (Å²) < 4.78 is 15.0. The van der Waals surface area contributed by atoms with Crippen LogP contribution >= 0.6 is 0 Å². The predicted octanol–water partition coefficient (Wildman–Crippen LogP) is 1.72. The Hall–Kier alpha value is -2.02. The number of ether oxygens (including phenoxy) is 2. The molecule has 1 heterocycles. The number of rotatable bonds is 6. The van der Waals surface area contributed by atoms with Crippen LogP contribution in [0.15, 0.2) is 15.3 Å². The summed E-state index contributed by atoms with van der Waals surface area (Å²) in [5.41, 5.74) is -0.804. The molecule has 0 radical (unpaired) electrons. The summed E-state index contributed by atoms with van der Waals surface area (Å²) >= 11 is 0. The normalized spacial score (nSPS) is 16.7. The minimum atomic E-state index is -1.30. The summed E-state index contributed by atoms with van der Waals surface area (Å²) in [6, 6.07) is 1.28. The number of carbonyl (C=O) groups is 1. The molecule has 116 valence electrons. The van der Waals surface area contributed by atoms with Crippen LogP contribution in [0.1, 0.15) is 36.2 Å². The number of hydrogen-bond acceptors (Lipinski definition) is 6. The van der Waals surface area contributed by atoms with Crippen molar-refractivity contribution in [3.8, 4) is 5.75 Å². The van der Waals surface area contributed by atoms with Crippen LogP contribution in [0.2, 0.25) is 0 Å². The van der Waals surface area contributed by atoms with Gasteiger partial charge in [-0.3, -0.25) is 0 Å². The first kappa shape index (κ1) is 15.4. The molecule has 1 aromatic heterocycles. The molecule has 0 aromatic carbocycles. The molecule has 2 N–H and O–H groups in total. The molecule has 7 heteroatoms. The molecule has 1 fully saturated rings. The molecule has 0 aliphatic heterocycles. The van der Waals surface area contributed by atoms with Crippen molar-refractivity contribution in [2.45, 2.75) is 31.2 Å². The molecule has 1 aromatic rings. The lowest BCUT2D eigenvalue weighted by atomic mass is 9.98. The molecule has 1 aliphatic rings. The van der Waals surface area contributed by atoms with Gasteiger partial charge in [-0.25, -0.2) is 9.59 Å². The monoisotopic (exact) mass is 297 g/mol. The Morgan fingerprint density at radius 1 is 1.43 bits per heavy atom. The summed E-state index contributed by atoms with van der Waals surface area (Å²) in [5, 5.41) is 12.2. The van der Waals surface area contributed by atoms with E-state index in [0.29, 0.717) is 12.3 Å². The molecule has 7 nitrogen and oxygen atoms in total. The molecule has 2 rings (SSSR count). The third-order valence-electron chi connectivity index (χ3n) is 3.70. The highest BCUT2D eigenvalue weighted by molar-refractivity contribution is 5.86. The zero-order valence-corrected chi connectivity index (χ0v) is 12.1. The van der Waals surface area contributed by atoms with Crippen molar-refractivity contribution in [2.75, 3.05) is 26.1 Å². The first-order valence-electron chi connectivity index (χ1n) is 6.74. The number of methoxy groups -OCH3 is 2. The third-order valence-corrected chi connectivity index (χ3v) is 3.70. The van der Waals surface area contributed by atoms with Gasteiger partial charge in [0, 0.05) is 13.2 Å². The fraction of sp³-hybridized carbons (Fsp3) is 0.571. The lowest BCUT2D eigenvalue weighted by Gasteiger charge is -2.31. The van der Waals surface area contributed by atoms with Crippen LogP contribution in [0, 0.1) is 0 Å². The second-order valence-electron chi connectivity index (χ2n) is 5.20. The van der Waals surface area contributed by atoms with Crippen LogP contribution in [0.5, 0.6) is 5.75 Å². The van der Waals surface area contributed by atoms with Crippen LogP contribution in [0.4, 0.5) is 5.69 Å². The number of anilines is 1. The van der Waals surface area contributed by atoms with E-state index in [1.54, 1.807) is 7.11 Å². The van der Waals surface area contributed by atoms with E-state index in [2.05, 4.69) is 5.32 Å². The summed E-state index contributed by atoms with van der Waals surface area (Å²) in [5.74, 6) is -1.75. The largest absolute Gasteiger partial charge is 0.488 e.